The van der Waals surface area contributed by atoms with Crippen molar-refractivity contribution in [1.82, 2.24) is 15.2 Å². The molecule has 0 spiro atoms. The highest BCUT2D eigenvalue weighted by molar-refractivity contribution is 6.32. The van der Waals surface area contributed by atoms with E-state index in [1.807, 2.05) is 0 Å². The van der Waals surface area contributed by atoms with Crippen LogP contribution in [-0.2, 0) is 6.54 Å². The minimum absolute atomic E-state index is 0.143. The fourth-order valence-corrected chi connectivity index (χ4v) is 3.27. The molecule has 1 atom stereocenters. The Labute approximate surface area is 163 Å². The van der Waals surface area contributed by atoms with Crippen molar-refractivity contribution in [1.29, 1.82) is 0 Å². The smallest absolute Gasteiger partial charge is 0.404 e. The zero-order valence-corrected chi connectivity index (χ0v) is 15.6. The summed E-state index contributed by atoms with van der Waals surface area (Å²) in [6.07, 6.45) is -3.47. The van der Waals surface area contributed by atoms with Gasteiger partial charge in [-0.2, -0.15) is 0 Å². The van der Waals surface area contributed by atoms with E-state index in [0.717, 1.165) is 6.07 Å². The first-order valence-corrected chi connectivity index (χ1v) is 8.56. The third-order valence-electron chi connectivity index (χ3n) is 4.45. The van der Waals surface area contributed by atoms with E-state index in [1.165, 1.54) is 36.3 Å². The third-order valence-corrected chi connectivity index (χ3v) is 4.74. The van der Waals surface area contributed by atoms with Gasteiger partial charge in [0.25, 0.3) is 11.8 Å². The lowest BCUT2D eigenvalue weighted by Crippen LogP contribution is -2.27. The number of alkyl halides is 3. The molecule has 1 aliphatic heterocycles. The number of carbonyl (C=O) groups excluding carboxylic acids is 2. The molecule has 3 rings (SSSR count). The summed E-state index contributed by atoms with van der Waals surface area (Å²) in [4.78, 5) is 30.3. The van der Waals surface area contributed by atoms with Crippen molar-refractivity contribution in [2.24, 2.45) is 0 Å². The maximum Gasteiger partial charge on any atom is 0.573 e. The Morgan fingerprint density at radius 1 is 1.36 bits per heavy atom. The topological polar surface area (TPSA) is 71.5 Å². The first kappa shape index (κ1) is 19.9. The van der Waals surface area contributed by atoms with Crippen molar-refractivity contribution in [3.8, 4) is 5.75 Å². The molecule has 1 unspecified atom stereocenters. The van der Waals surface area contributed by atoms with Crippen LogP contribution >= 0.6 is 11.6 Å². The van der Waals surface area contributed by atoms with Gasteiger partial charge in [0, 0.05) is 30.9 Å². The largest absolute Gasteiger partial charge is 0.573 e. The van der Waals surface area contributed by atoms with Crippen LogP contribution in [0.15, 0.2) is 30.5 Å². The van der Waals surface area contributed by atoms with E-state index in [2.05, 4.69) is 15.0 Å². The number of aromatic nitrogens is 1. The average molecular weight is 414 g/mol. The fourth-order valence-electron chi connectivity index (χ4n) is 3.04. The quantitative estimate of drug-likeness (QED) is 0.829. The number of fused-ring (bicyclic) bond motifs is 1. The van der Waals surface area contributed by atoms with E-state index in [-0.39, 0.29) is 23.2 Å². The van der Waals surface area contributed by atoms with Crippen LogP contribution in [0.5, 0.6) is 5.75 Å². The van der Waals surface area contributed by atoms with E-state index in [9.17, 15) is 22.8 Å². The SMILES string of the molecule is CNC(=O)c1nccc2c1CN(C(C)c1ccc(OC(F)(F)F)c(Cl)c1)C2=O. The zero-order valence-electron chi connectivity index (χ0n) is 14.8. The predicted molar refractivity (Wildman–Crippen MR) is 94.1 cm³/mol. The molecule has 2 amide bonds. The van der Waals surface area contributed by atoms with Gasteiger partial charge in [-0.3, -0.25) is 14.6 Å². The highest BCUT2D eigenvalue weighted by atomic mass is 35.5. The van der Waals surface area contributed by atoms with Gasteiger partial charge >= 0.3 is 6.36 Å². The van der Waals surface area contributed by atoms with Crippen molar-refractivity contribution >= 4 is 23.4 Å². The number of hydrogen-bond donors (Lipinski definition) is 1. The maximum absolute atomic E-state index is 12.8. The summed E-state index contributed by atoms with van der Waals surface area (Å²) in [5, 5.41) is 2.26. The molecule has 0 saturated carbocycles. The van der Waals surface area contributed by atoms with Gasteiger partial charge in [0.05, 0.1) is 11.1 Å². The second kappa shape index (κ2) is 7.31. The Morgan fingerprint density at radius 2 is 2.07 bits per heavy atom. The van der Waals surface area contributed by atoms with Crippen molar-refractivity contribution in [3.63, 3.8) is 0 Å². The van der Waals surface area contributed by atoms with Crippen LogP contribution in [0.25, 0.3) is 0 Å². The van der Waals surface area contributed by atoms with Crippen molar-refractivity contribution in [3.05, 3.63) is 57.9 Å². The summed E-state index contributed by atoms with van der Waals surface area (Å²) in [5.41, 5.74) is 1.55. The van der Waals surface area contributed by atoms with Gasteiger partial charge in [-0.05, 0) is 30.7 Å². The Balaban J connectivity index is 1.88. The van der Waals surface area contributed by atoms with Gasteiger partial charge in [0.2, 0.25) is 0 Å². The lowest BCUT2D eigenvalue weighted by molar-refractivity contribution is -0.274. The first-order valence-electron chi connectivity index (χ1n) is 8.18. The number of amides is 2. The highest BCUT2D eigenvalue weighted by Crippen LogP contribution is 2.36. The van der Waals surface area contributed by atoms with Crippen LogP contribution in [-0.4, -0.2) is 35.1 Å². The third kappa shape index (κ3) is 3.75. The minimum atomic E-state index is -4.85. The van der Waals surface area contributed by atoms with E-state index >= 15 is 0 Å². The molecular formula is C18H15ClF3N3O3. The molecule has 1 aromatic heterocycles. The molecule has 148 valence electrons. The van der Waals surface area contributed by atoms with Gasteiger partial charge in [0.1, 0.15) is 11.4 Å². The molecule has 0 saturated heterocycles. The van der Waals surface area contributed by atoms with Gasteiger partial charge in [-0.1, -0.05) is 17.7 Å². The van der Waals surface area contributed by atoms with Gasteiger partial charge in [0.15, 0.2) is 0 Å². The second-order valence-electron chi connectivity index (χ2n) is 6.11. The molecule has 1 N–H and O–H groups in total. The Bertz CT molecular complexity index is 949. The highest BCUT2D eigenvalue weighted by Gasteiger charge is 2.35. The number of carbonyl (C=O) groups is 2. The van der Waals surface area contributed by atoms with Crippen molar-refractivity contribution < 1.29 is 27.5 Å². The van der Waals surface area contributed by atoms with Crippen LogP contribution < -0.4 is 10.1 Å². The predicted octanol–water partition coefficient (Wildman–Crippen LogP) is 3.71. The van der Waals surface area contributed by atoms with Crippen LogP contribution in [0.3, 0.4) is 0 Å². The summed E-state index contributed by atoms with van der Waals surface area (Å²) in [7, 11) is 1.47. The zero-order chi connectivity index (χ0) is 20.6. The van der Waals surface area contributed by atoms with Crippen molar-refractivity contribution in [2.45, 2.75) is 25.9 Å². The second-order valence-corrected chi connectivity index (χ2v) is 6.52. The summed E-state index contributed by atoms with van der Waals surface area (Å²) in [5.74, 6) is -1.23. The molecule has 2 heterocycles. The van der Waals surface area contributed by atoms with E-state index in [4.69, 9.17) is 11.6 Å². The number of hydrogen-bond acceptors (Lipinski definition) is 4. The molecule has 0 bridgehead atoms. The Morgan fingerprint density at radius 3 is 2.68 bits per heavy atom. The number of halogens is 4. The molecule has 1 aromatic carbocycles. The number of rotatable bonds is 4. The fraction of sp³-hybridized carbons (Fsp3) is 0.278. The molecule has 0 fully saturated rings. The van der Waals surface area contributed by atoms with Gasteiger partial charge in [-0.25, -0.2) is 0 Å². The molecule has 10 heteroatoms. The first-order chi connectivity index (χ1) is 13.1. The Hall–Kier alpha value is -2.81. The number of ether oxygens (including phenoxy) is 1. The van der Waals surface area contributed by atoms with E-state index in [0.29, 0.717) is 16.7 Å². The number of nitrogens with one attached hydrogen (secondary N) is 1. The van der Waals surface area contributed by atoms with E-state index in [1.54, 1.807) is 6.92 Å². The van der Waals surface area contributed by atoms with Crippen LogP contribution in [0.4, 0.5) is 13.2 Å². The van der Waals surface area contributed by atoms with Crippen LogP contribution in [0, 0.1) is 0 Å². The molecular weight excluding hydrogens is 399 g/mol. The monoisotopic (exact) mass is 413 g/mol. The number of benzene rings is 1. The van der Waals surface area contributed by atoms with Gasteiger partial charge < -0.3 is 15.0 Å². The number of nitrogens with zero attached hydrogens (tertiary/aromatic N) is 2. The van der Waals surface area contributed by atoms with Gasteiger partial charge in [-0.15, -0.1) is 13.2 Å². The lowest BCUT2D eigenvalue weighted by Gasteiger charge is -2.25. The number of pyridine rings is 1. The van der Waals surface area contributed by atoms with Crippen LogP contribution in [0.2, 0.25) is 5.02 Å². The summed E-state index contributed by atoms with van der Waals surface area (Å²) < 4.78 is 41.0. The molecule has 1 aliphatic rings. The molecule has 0 radical (unpaired) electrons. The molecule has 6 nitrogen and oxygen atoms in total. The van der Waals surface area contributed by atoms with Crippen LogP contribution in [0.1, 0.15) is 44.9 Å². The lowest BCUT2D eigenvalue weighted by atomic mass is 10.1. The molecule has 28 heavy (non-hydrogen) atoms. The summed E-state index contributed by atoms with van der Waals surface area (Å²) >= 11 is 5.91. The molecule has 0 aliphatic carbocycles. The minimum Gasteiger partial charge on any atom is -0.404 e. The summed E-state index contributed by atoms with van der Waals surface area (Å²) in [6, 6.07) is 4.86. The standard InChI is InChI=1S/C18H15ClF3N3O3/c1-9(10-3-4-14(13(19)7-10)28-18(20,21)22)25-8-12-11(17(25)27)5-6-24-15(12)16(26)23-2/h3-7,9H,8H2,1-2H3,(H,23,26). The normalized spacial score (nSPS) is 14.6. The van der Waals surface area contributed by atoms with Crippen molar-refractivity contribution in [2.75, 3.05) is 7.05 Å². The van der Waals surface area contributed by atoms with E-state index < -0.39 is 24.1 Å². The summed E-state index contributed by atoms with van der Waals surface area (Å²) in [6.45, 7) is 1.86. The molecule has 2 aromatic rings. The maximum atomic E-state index is 12.8. The average Bonchev–Trinajstić information content (AvgIpc) is 2.98. The Kier molecular flexibility index (Phi) is 5.20.